The van der Waals surface area contributed by atoms with Gasteiger partial charge in [-0.25, -0.2) is 0 Å². The number of aliphatic hydroxyl groups excluding tert-OH is 1. The van der Waals surface area contributed by atoms with Gasteiger partial charge in [0.1, 0.15) is 0 Å². The minimum absolute atomic E-state index is 0.107. The quantitative estimate of drug-likeness (QED) is 0.700. The van der Waals surface area contributed by atoms with E-state index in [1.54, 1.807) is 7.11 Å². The summed E-state index contributed by atoms with van der Waals surface area (Å²) in [4.78, 5) is 12.6. The molecule has 2 aliphatic carbocycles. The van der Waals surface area contributed by atoms with Gasteiger partial charge in [-0.2, -0.15) is 0 Å². The summed E-state index contributed by atoms with van der Waals surface area (Å²) in [5.74, 6) is 0.688. The van der Waals surface area contributed by atoms with E-state index in [0.717, 1.165) is 24.8 Å². The first-order valence-electron chi connectivity index (χ1n) is 9.34. The van der Waals surface area contributed by atoms with Crippen LogP contribution in [0.4, 0.5) is 0 Å². The van der Waals surface area contributed by atoms with E-state index in [4.69, 9.17) is 4.74 Å². The van der Waals surface area contributed by atoms with Crippen molar-refractivity contribution in [3.8, 4) is 0 Å². The lowest BCUT2D eigenvalue weighted by Gasteiger charge is -2.48. The van der Waals surface area contributed by atoms with E-state index in [9.17, 15) is 9.90 Å². The molecule has 0 saturated carbocycles. The standard InChI is InChI=1S/C21H34O3/c1-7-17(23)20(4,8-2)13-18(24-6)21(5)14(3)9-10-15-11-12-16(22)19(15)21/h8,14,17-18,23H,2,7,9-13H2,1,3-6H3/t14-,17-,18+,20+,21+/m0/s1. The maximum absolute atomic E-state index is 12.6. The molecule has 0 aromatic carbocycles. The van der Waals surface area contributed by atoms with E-state index in [1.807, 2.05) is 19.9 Å². The minimum Gasteiger partial charge on any atom is -0.392 e. The molecule has 24 heavy (non-hydrogen) atoms. The van der Waals surface area contributed by atoms with Gasteiger partial charge in [0.05, 0.1) is 12.2 Å². The highest BCUT2D eigenvalue weighted by Gasteiger charge is 2.51. The average molecular weight is 334 g/mol. The number of aliphatic hydroxyl groups is 1. The molecule has 0 aromatic rings. The molecule has 0 saturated heterocycles. The van der Waals surface area contributed by atoms with Gasteiger partial charge in [0, 0.05) is 29.9 Å². The Morgan fingerprint density at radius 3 is 2.67 bits per heavy atom. The molecular weight excluding hydrogens is 300 g/mol. The van der Waals surface area contributed by atoms with Gasteiger partial charge in [0.25, 0.3) is 0 Å². The minimum atomic E-state index is -0.456. The summed E-state index contributed by atoms with van der Waals surface area (Å²) in [5, 5.41) is 10.5. The Labute approximate surface area is 147 Å². The molecule has 2 aliphatic rings. The molecule has 1 N–H and O–H groups in total. The first-order chi connectivity index (χ1) is 11.2. The van der Waals surface area contributed by atoms with E-state index in [2.05, 4.69) is 20.4 Å². The number of ether oxygens (including phenoxy) is 1. The van der Waals surface area contributed by atoms with Crippen LogP contribution in [-0.2, 0) is 9.53 Å². The second-order valence-corrected chi connectivity index (χ2v) is 8.19. The molecule has 3 nitrogen and oxygen atoms in total. The molecule has 0 spiro atoms. The van der Waals surface area contributed by atoms with Gasteiger partial charge in [-0.1, -0.05) is 39.3 Å². The highest BCUT2D eigenvalue weighted by Crippen LogP contribution is 2.54. The Balaban J connectivity index is 2.42. The van der Waals surface area contributed by atoms with Gasteiger partial charge in [-0.3, -0.25) is 4.79 Å². The van der Waals surface area contributed by atoms with Crippen molar-refractivity contribution in [3.63, 3.8) is 0 Å². The van der Waals surface area contributed by atoms with E-state index in [1.165, 1.54) is 5.57 Å². The molecular formula is C21H34O3. The first-order valence-corrected chi connectivity index (χ1v) is 9.34. The van der Waals surface area contributed by atoms with Crippen LogP contribution in [0.1, 0.15) is 66.2 Å². The van der Waals surface area contributed by atoms with Crippen LogP contribution in [0.2, 0.25) is 0 Å². The summed E-state index contributed by atoms with van der Waals surface area (Å²) < 4.78 is 5.97. The topological polar surface area (TPSA) is 46.5 Å². The molecule has 3 heteroatoms. The highest BCUT2D eigenvalue weighted by atomic mass is 16.5. The zero-order chi connectivity index (χ0) is 18.1. The van der Waals surface area contributed by atoms with Crippen LogP contribution >= 0.6 is 0 Å². The van der Waals surface area contributed by atoms with Crippen molar-refractivity contribution in [1.29, 1.82) is 0 Å². The summed E-state index contributed by atoms with van der Waals surface area (Å²) in [6, 6.07) is 0. The predicted molar refractivity (Wildman–Crippen MR) is 97.8 cm³/mol. The van der Waals surface area contributed by atoms with Gasteiger partial charge in [-0.05, 0) is 38.0 Å². The van der Waals surface area contributed by atoms with Crippen LogP contribution in [0, 0.1) is 16.7 Å². The van der Waals surface area contributed by atoms with E-state index < -0.39 is 11.5 Å². The summed E-state index contributed by atoms with van der Waals surface area (Å²) >= 11 is 0. The molecule has 0 aromatic heterocycles. The summed E-state index contributed by atoms with van der Waals surface area (Å²) in [6.45, 7) is 12.4. The maximum atomic E-state index is 12.6. The number of allylic oxidation sites excluding steroid dienone is 1. The normalized spacial score (nSPS) is 32.2. The zero-order valence-electron chi connectivity index (χ0n) is 16.0. The largest absolute Gasteiger partial charge is 0.392 e. The molecule has 5 atom stereocenters. The molecule has 0 heterocycles. The van der Waals surface area contributed by atoms with Crippen molar-refractivity contribution < 1.29 is 14.6 Å². The fraction of sp³-hybridized carbons (Fsp3) is 0.762. The Bertz CT molecular complexity index is 535. The first kappa shape index (κ1) is 19.4. The zero-order valence-corrected chi connectivity index (χ0v) is 16.0. The summed E-state index contributed by atoms with van der Waals surface area (Å²) in [7, 11) is 1.73. The second-order valence-electron chi connectivity index (χ2n) is 8.19. The number of rotatable bonds is 7. The van der Waals surface area contributed by atoms with Crippen LogP contribution in [-0.4, -0.2) is 30.2 Å². The van der Waals surface area contributed by atoms with Crippen molar-refractivity contribution in [2.24, 2.45) is 16.7 Å². The second kappa shape index (κ2) is 7.13. The predicted octanol–water partition coefficient (Wildman–Crippen LogP) is 4.45. The fourth-order valence-corrected chi connectivity index (χ4v) is 4.82. The van der Waals surface area contributed by atoms with E-state index >= 15 is 0 Å². The number of Topliss-reactive ketones (excluding diaryl/α,β-unsaturated/α-hetero) is 1. The Morgan fingerprint density at radius 1 is 1.46 bits per heavy atom. The maximum Gasteiger partial charge on any atom is 0.159 e. The van der Waals surface area contributed by atoms with Crippen LogP contribution < -0.4 is 0 Å². The molecule has 0 amide bonds. The third-order valence-corrected chi connectivity index (χ3v) is 6.92. The smallest absolute Gasteiger partial charge is 0.159 e. The lowest BCUT2D eigenvalue weighted by Crippen LogP contribution is -2.48. The number of carbonyl (C=O) groups excluding carboxylic acids is 1. The fourth-order valence-electron chi connectivity index (χ4n) is 4.82. The van der Waals surface area contributed by atoms with E-state index in [-0.39, 0.29) is 11.5 Å². The van der Waals surface area contributed by atoms with Crippen LogP contribution in [0.15, 0.2) is 23.8 Å². The third-order valence-electron chi connectivity index (χ3n) is 6.92. The molecule has 0 radical (unpaired) electrons. The molecule has 0 bridgehead atoms. The Morgan fingerprint density at radius 2 is 2.12 bits per heavy atom. The monoisotopic (exact) mass is 334 g/mol. The SMILES string of the molecule is C=C[C@](C)(C[C@@H](OC)[C@]1(C)C2=C(CCC2=O)CC[C@@H]1C)[C@@H](O)CC. The molecule has 0 fully saturated rings. The van der Waals surface area contributed by atoms with E-state index in [0.29, 0.717) is 31.0 Å². The number of methoxy groups -OCH3 is 1. The number of hydrogen-bond donors (Lipinski definition) is 1. The van der Waals surface area contributed by atoms with Crippen LogP contribution in [0.25, 0.3) is 0 Å². The Kier molecular flexibility index (Phi) is 5.76. The lowest BCUT2D eigenvalue weighted by molar-refractivity contribution is -0.119. The average Bonchev–Trinajstić information content (AvgIpc) is 2.97. The van der Waals surface area contributed by atoms with Crippen molar-refractivity contribution in [1.82, 2.24) is 0 Å². The van der Waals surface area contributed by atoms with Crippen molar-refractivity contribution in [3.05, 3.63) is 23.8 Å². The van der Waals surface area contributed by atoms with Crippen molar-refractivity contribution in [2.75, 3.05) is 7.11 Å². The van der Waals surface area contributed by atoms with Crippen LogP contribution in [0.5, 0.6) is 0 Å². The van der Waals surface area contributed by atoms with Crippen molar-refractivity contribution in [2.45, 2.75) is 78.4 Å². The Hall–Kier alpha value is -0.930. The lowest BCUT2D eigenvalue weighted by atomic mass is 9.59. The summed E-state index contributed by atoms with van der Waals surface area (Å²) in [5.41, 5.74) is 1.68. The van der Waals surface area contributed by atoms with Gasteiger partial charge in [0.2, 0.25) is 0 Å². The third kappa shape index (κ3) is 3.01. The highest BCUT2D eigenvalue weighted by molar-refractivity contribution is 6.00. The molecule has 0 unspecified atom stereocenters. The molecule has 2 rings (SSSR count). The number of hydrogen-bond acceptors (Lipinski definition) is 3. The van der Waals surface area contributed by atoms with Gasteiger partial charge in [-0.15, -0.1) is 6.58 Å². The molecule has 0 aliphatic heterocycles. The van der Waals surface area contributed by atoms with Crippen molar-refractivity contribution >= 4 is 5.78 Å². The number of ketones is 1. The molecule has 136 valence electrons. The number of carbonyl (C=O) groups is 1. The summed E-state index contributed by atoms with van der Waals surface area (Å²) in [6.07, 6.45) is 6.37. The van der Waals surface area contributed by atoms with Crippen LogP contribution in [0.3, 0.4) is 0 Å². The van der Waals surface area contributed by atoms with Gasteiger partial charge in [0.15, 0.2) is 5.78 Å². The van der Waals surface area contributed by atoms with Gasteiger partial charge >= 0.3 is 0 Å². The van der Waals surface area contributed by atoms with Gasteiger partial charge < -0.3 is 9.84 Å².